The van der Waals surface area contributed by atoms with Gasteiger partial charge in [-0.3, -0.25) is 9.69 Å². The van der Waals surface area contributed by atoms with Crippen LogP contribution in [0.3, 0.4) is 0 Å². The highest BCUT2D eigenvalue weighted by molar-refractivity contribution is 7.23. The van der Waals surface area contributed by atoms with E-state index in [2.05, 4.69) is 6.58 Å². The fraction of sp³-hybridized carbons (Fsp3) is 0.200. The fourth-order valence-corrected chi connectivity index (χ4v) is 3.11. The van der Waals surface area contributed by atoms with E-state index in [-0.39, 0.29) is 6.61 Å². The van der Waals surface area contributed by atoms with Crippen LogP contribution in [0.25, 0.3) is 10.1 Å². The van der Waals surface area contributed by atoms with Crippen LogP contribution in [0, 0.1) is 0 Å². The van der Waals surface area contributed by atoms with Crippen LogP contribution in [0.1, 0.15) is 17.3 Å². The second kappa shape index (κ2) is 6.34. The van der Waals surface area contributed by atoms with Gasteiger partial charge in [-0.05, 0) is 13.0 Å². The van der Waals surface area contributed by atoms with E-state index < -0.39 is 6.09 Å². The number of amides is 1. The van der Waals surface area contributed by atoms with Crippen molar-refractivity contribution in [1.82, 2.24) is 0 Å². The minimum atomic E-state index is -0.470. The number of hydrogen-bond donors (Lipinski definition) is 0. The molecule has 2 aromatic rings. The van der Waals surface area contributed by atoms with Gasteiger partial charge in [0.25, 0.3) is 0 Å². The summed E-state index contributed by atoms with van der Waals surface area (Å²) in [5.74, 6) is 0. The predicted molar refractivity (Wildman–Crippen MR) is 81.8 cm³/mol. The van der Waals surface area contributed by atoms with Crippen molar-refractivity contribution in [2.24, 2.45) is 0 Å². The zero-order valence-corrected chi connectivity index (χ0v) is 12.0. The van der Waals surface area contributed by atoms with Crippen molar-refractivity contribution in [3.63, 3.8) is 0 Å². The number of nitrogens with zero attached hydrogens (tertiary/aromatic N) is 1. The number of thiophene rings is 1. The number of rotatable bonds is 5. The maximum Gasteiger partial charge on any atom is 0.415 e. The number of ether oxygens (including phenoxy) is 1. The summed E-state index contributed by atoms with van der Waals surface area (Å²) < 4.78 is 6.00. The molecule has 0 aliphatic heterocycles. The van der Waals surface area contributed by atoms with Crippen LogP contribution >= 0.6 is 11.3 Å². The Morgan fingerprint density at radius 2 is 2.20 bits per heavy atom. The molecule has 2 rings (SSSR count). The highest BCUT2D eigenvalue weighted by Crippen LogP contribution is 2.37. The van der Waals surface area contributed by atoms with Gasteiger partial charge in [-0.15, -0.1) is 17.9 Å². The summed E-state index contributed by atoms with van der Waals surface area (Å²) in [6.07, 6.45) is 1.92. The average Bonchev–Trinajstić information content (AvgIpc) is 2.82. The normalized spacial score (nSPS) is 10.2. The molecule has 5 heteroatoms. The summed E-state index contributed by atoms with van der Waals surface area (Å²) in [4.78, 5) is 24.9. The SMILES string of the molecule is C=CCN(C(=O)OCC)c1sc2ccccc2c1C=O. The van der Waals surface area contributed by atoms with E-state index in [4.69, 9.17) is 4.74 Å². The molecular weight excluding hydrogens is 274 g/mol. The molecule has 0 radical (unpaired) electrons. The van der Waals surface area contributed by atoms with Gasteiger partial charge in [0.15, 0.2) is 6.29 Å². The average molecular weight is 289 g/mol. The Hall–Kier alpha value is -2.14. The van der Waals surface area contributed by atoms with Gasteiger partial charge in [0.05, 0.1) is 12.2 Å². The smallest absolute Gasteiger partial charge is 0.415 e. The molecule has 0 atom stereocenters. The van der Waals surface area contributed by atoms with Crippen molar-refractivity contribution in [1.29, 1.82) is 0 Å². The molecular formula is C15H15NO3S. The maximum absolute atomic E-state index is 12.0. The molecule has 0 saturated heterocycles. The minimum absolute atomic E-state index is 0.286. The molecule has 0 aliphatic carbocycles. The lowest BCUT2D eigenvalue weighted by molar-refractivity contribution is 0.112. The molecule has 0 spiro atoms. The number of aldehydes is 1. The van der Waals surface area contributed by atoms with Crippen molar-refractivity contribution in [3.8, 4) is 0 Å². The molecule has 104 valence electrons. The highest BCUT2D eigenvalue weighted by Gasteiger charge is 2.22. The largest absolute Gasteiger partial charge is 0.449 e. The Labute approximate surface area is 121 Å². The molecule has 20 heavy (non-hydrogen) atoms. The Balaban J connectivity index is 2.54. The second-order valence-corrected chi connectivity index (χ2v) is 5.06. The minimum Gasteiger partial charge on any atom is -0.449 e. The molecule has 0 fully saturated rings. The summed E-state index contributed by atoms with van der Waals surface area (Å²) >= 11 is 1.40. The van der Waals surface area contributed by atoms with Crippen molar-refractivity contribution in [2.45, 2.75) is 6.92 Å². The third-order valence-electron chi connectivity index (χ3n) is 2.78. The number of anilines is 1. The van der Waals surface area contributed by atoms with Crippen molar-refractivity contribution in [3.05, 3.63) is 42.5 Å². The van der Waals surface area contributed by atoms with Crippen LogP contribution in [0.5, 0.6) is 0 Å². The van der Waals surface area contributed by atoms with Crippen LogP contribution < -0.4 is 4.90 Å². The molecule has 1 aromatic heterocycles. The van der Waals surface area contributed by atoms with Gasteiger partial charge >= 0.3 is 6.09 Å². The highest BCUT2D eigenvalue weighted by atomic mass is 32.1. The van der Waals surface area contributed by atoms with E-state index in [1.165, 1.54) is 16.2 Å². The number of hydrogen-bond acceptors (Lipinski definition) is 4. The zero-order valence-electron chi connectivity index (χ0n) is 11.2. The van der Waals surface area contributed by atoms with Gasteiger partial charge in [0, 0.05) is 16.6 Å². The van der Waals surface area contributed by atoms with E-state index in [1.807, 2.05) is 24.3 Å². The molecule has 0 N–H and O–H groups in total. The standard InChI is InChI=1S/C15H15NO3S/c1-3-9-16(15(18)19-4-2)14-12(10-17)11-7-5-6-8-13(11)20-14/h3,5-8,10H,1,4,9H2,2H3. The lowest BCUT2D eigenvalue weighted by atomic mass is 10.2. The quantitative estimate of drug-likeness (QED) is 0.620. The lowest BCUT2D eigenvalue weighted by Crippen LogP contribution is -2.31. The van der Waals surface area contributed by atoms with Crippen molar-refractivity contribution in [2.75, 3.05) is 18.1 Å². The molecule has 1 aromatic carbocycles. The lowest BCUT2D eigenvalue weighted by Gasteiger charge is -2.19. The van der Waals surface area contributed by atoms with E-state index >= 15 is 0 Å². The van der Waals surface area contributed by atoms with Gasteiger partial charge < -0.3 is 4.74 Å². The molecule has 0 saturated carbocycles. The zero-order chi connectivity index (χ0) is 14.5. The van der Waals surface area contributed by atoms with Crippen LogP contribution in [0.4, 0.5) is 9.80 Å². The third kappa shape index (κ3) is 2.58. The van der Waals surface area contributed by atoms with Crippen LogP contribution in [-0.4, -0.2) is 25.5 Å². The molecule has 0 bridgehead atoms. The third-order valence-corrected chi connectivity index (χ3v) is 3.99. The first-order valence-electron chi connectivity index (χ1n) is 6.24. The first kappa shape index (κ1) is 14.3. The number of carbonyl (C=O) groups excluding carboxylic acids is 2. The summed E-state index contributed by atoms with van der Waals surface area (Å²) in [6.45, 7) is 5.97. The second-order valence-electron chi connectivity index (χ2n) is 4.03. The first-order valence-corrected chi connectivity index (χ1v) is 7.06. The Bertz CT molecular complexity index is 648. The van der Waals surface area contributed by atoms with Gasteiger partial charge in [0.1, 0.15) is 5.00 Å². The van der Waals surface area contributed by atoms with Gasteiger partial charge in [-0.1, -0.05) is 24.3 Å². The van der Waals surface area contributed by atoms with E-state index in [1.54, 1.807) is 13.0 Å². The maximum atomic E-state index is 12.0. The Morgan fingerprint density at radius 3 is 2.85 bits per heavy atom. The van der Waals surface area contributed by atoms with Gasteiger partial charge in [-0.25, -0.2) is 4.79 Å². The number of carbonyl (C=O) groups is 2. The first-order chi connectivity index (χ1) is 9.72. The molecule has 1 amide bonds. The summed E-state index contributed by atoms with van der Waals surface area (Å²) in [7, 11) is 0. The summed E-state index contributed by atoms with van der Waals surface area (Å²) in [6, 6.07) is 7.57. The summed E-state index contributed by atoms with van der Waals surface area (Å²) in [5, 5.41) is 1.44. The fourth-order valence-electron chi connectivity index (χ4n) is 1.94. The van der Waals surface area contributed by atoms with E-state index in [0.717, 1.165) is 16.4 Å². The molecule has 4 nitrogen and oxygen atoms in total. The Kier molecular flexibility index (Phi) is 4.53. The van der Waals surface area contributed by atoms with Crippen LogP contribution in [0.2, 0.25) is 0 Å². The summed E-state index contributed by atoms with van der Waals surface area (Å²) in [5.41, 5.74) is 0.514. The van der Waals surface area contributed by atoms with E-state index in [0.29, 0.717) is 17.1 Å². The monoisotopic (exact) mass is 289 g/mol. The van der Waals surface area contributed by atoms with Crippen LogP contribution in [-0.2, 0) is 4.74 Å². The van der Waals surface area contributed by atoms with Crippen LogP contribution in [0.15, 0.2) is 36.9 Å². The number of benzene rings is 1. The van der Waals surface area contributed by atoms with Crippen molar-refractivity contribution >= 4 is 38.8 Å². The molecule has 0 unspecified atom stereocenters. The van der Waals surface area contributed by atoms with Gasteiger partial charge in [-0.2, -0.15) is 0 Å². The molecule has 1 heterocycles. The Morgan fingerprint density at radius 1 is 1.45 bits per heavy atom. The van der Waals surface area contributed by atoms with Gasteiger partial charge in [0.2, 0.25) is 0 Å². The topological polar surface area (TPSA) is 46.6 Å². The molecule has 0 aliphatic rings. The predicted octanol–water partition coefficient (Wildman–Crippen LogP) is 3.86. The number of fused-ring (bicyclic) bond motifs is 1. The van der Waals surface area contributed by atoms with E-state index in [9.17, 15) is 9.59 Å². The van der Waals surface area contributed by atoms with Crippen molar-refractivity contribution < 1.29 is 14.3 Å².